The molecule has 0 aromatic heterocycles. The van der Waals surface area contributed by atoms with Crippen molar-refractivity contribution >= 4 is 11.6 Å². The Hall–Kier alpha value is -0.810. The maximum Gasteiger partial charge on any atom is 0.119 e. The maximum atomic E-state index is 9.79. The van der Waals surface area contributed by atoms with Gasteiger partial charge in [0.1, 0.15) is 12.4 Å². The van der Waals surface area contributed by atoms with E-state index >= 15 is 0 Å². The molecule has 0 spiro atoms. The predicted molar refractivity (Wildman–Crippen MR) is 88.6 cm³/mol. The van der Waals surface area contributed by atoms with E-state index in [2.05, 4.69) is 4.90 Å². The molecule has 2 rings (SSSR count). The Morgan fingerprint density at radius 1 is 1.27 bits per heavy atom. The zero-order chi connectivity index (χ0) is 15.8. The first-order valence-corrected chi connectivity index (χ1v) is 8.26. The highest BCUT2D eigenvalue weighted by Gasteiger charge is 2.34. The van der Waals surface area contributed by atoms with Gasteiger partial charge in [-0.05, 0) is 50.1 Å². The number of hydrogen-bond donors (Lipinski definition) is 1. The number of aliphatic hydroxyl groups excluding tert-OH is 1. The highest BCUT2D eigenvalue weighted by molar-refractivity contribution is 6.30. The van der Waals surface area contributed by atoms with Gasteiger partial charge in [0.25, 0.3) is 0 Å². The summed E-state index contributed by atoms with van der Waals surface area (Å²) in [6.45, 7) is 4.43. The average Bonchev–Trinajstić information content (AvgIpc) is 2.55. The van der Waals surface area contributed by atoms with Crippen LogP contribution in [0.2, 0.25) is 5.02 Å². The molecule has 1 fully saturated rings. The molecule has 5 heteroatoms. The van der Waals surface area contributed by atoms with Crippen molar-refractivity contribution < 1.29 is 14.6 Å². The zero-order valence-electron chi connectivity index (χ0n) is 13.3. The largest absolute Gasteiger partial charge is 0.492 e. The number of benzene rings is 1. The molecule has 22 heavy (non-hydrogen) atoms. The molecule has 0 aliphatic carbocycles. The minimum atomic E-state index is -0.0193. The van der Waals surface area contributed by atoms with Gasteiger partial charge in [-0.25, -0.2) is 0 Å². The molecule has 1 heterocycles. The number of hydrogen-bond acceptors (Lipinski definition) is 4. The van der Waals surface area contributed by atoms with Gasteiger partial charge in [0.2, 0.25) is 0 Å². The SMILES string of the molecule is COCCC1(CO)CCCN(CCOc2ccc(Cl)cc2)C1. The molecule has 0 amide bonds. The van der Waals surface area contributed by atoms with Crippen molar-refractivity contribution in [1.29, 1.82) is 0 Å². The van der Waals surface area contributed by atoms with Crippen molar-refractivity contribution in [3.05, 3.63) is 29.3 Å². The zero-order valence-corrected chi connectivity index (χ0v) is 14.0. The van der Waals surface area contributed by atoms with Crippen LogP contribution >= 0.6 is 11.6 Å². The lowest BCUT2D eigenvalue weighted by Gasteiger charge is -2.41. The van der Waals surface area contributed by atoms with Gasteiger partial charge in [-0.3, -0.25) is 4.90 Å². The van der Waals surface area contributed by atoms with E-state index in [0.29, 0.717) is 18.2 Å². The van der Waals surface area contributed by atoms with E-state index in [1.807, 2.05) is 24.3 Å². The number of methoxy groups -OCH3 is 1. The highest BCUT2D eigenvalue weighted by Crippen LogP contribution is 2.33. The second-order valence-corrected chi connectivity index (χ2v) is 6.52. The Morgan fingerprint density at radius 3 is 2.73 bits per heavy atom. The first-order valence-electron chi connectivity index (χ1n) is 7.88. The number of piperidine rings is 1. The van der Waals surface area contributed by atoms with Crippen molar-refractivity contribution in [2.75, 3.05) is 46.6 Å². The molecule has 1 aliphatic heterocycles. The summed E-state index contributed by atoms with van der Waals surface area (Å²) in [5.41, 5.74) is -0.0193. The summed E-state index contributed by atoms with van der Waals surface area (Å²) in [5, 5.41) is 10.5. The van der Waals surface area contributed by atoms with Crippen LogP contribution in [0.15, 0.2) is 24.3 Å². The molecule has 1 aromatic rings. The Bertz CT molecular complexity index is 440. The summed E-state index contributed by atoms with van der Waals surface area (Å²) >= 11 is 5.86. The second kappa shape index (κ2) is 8.73. The van der Waals surface area contributed by atoms with Gasteiger partial charge in [-0.1, -0.05) is 11.6 Å². The Labute approximate surface area is 138 Å². The molecular formula is C17H26ClNO3. The van der Waals surface area contributed by atoms with E-state index in [1.54, 1.807) is 7.11 Å². The number of ether oxygens (including phenoxy) is 2. The molecule has 1 unspecified atom stereocenters. The van der Waals surface area contributed by atoms with Gasteiger partial charge in [0.05, 0.1) is 6.61 Å². The van der Waals surface area contributed by atoms with Crippen LogP contribution in [-0.4, -0.2) is 56.6 Å². The Morgan fingerprint density at radius 2 is 2.05 bits per heavy atom. The average molecular weight is 328 g/mol. The quantitative estimate of drug-likeness (QED) is 0.797. The molecule has 1 saturated heterocycles. The van der Waals surface area contributed by atoms with Gasteiger partial charge in [0.15, 0.2) is 0 Å². The lowest BCUT2D eigenvalue weighted by molar-refractivity contribution is 0.00401. The number of likely N-dealkylation sites (tertiary alicyclic amines) is 1. The van der Waals surface area contributed by atoms with E-state index < -0.39 is 0 Å². The lowest BCUT2D eigenvalue weighted by atomic mass is 9.78. The summed E-state index contributed by atoms with van der Waals surface area (Å²) in [5.74, 6) is 0.842. The van der Waals surface area contributed by atoms with Crippen molar-refractivity contribution in [2.45, 2.75) is 19.3 Å². The summed E-state index contributed by atoms with van der Waals surface area (Å²) in [6, 6.07) is 7.43. The van der Waals surface area contributed by atoms with Gasteiger partial charge < -0.3 is 14.6 Å². The van der Waals surface area contributed by atoms with Gasteiger partial charge >= 0.3 is 0 Å². The molecule has 0 saturated carbocycles. The van der Waals surface area contributed by atoms with E-state index in [-0.39, 0.29) is 12.0 Å². The number of halogens is 1. The molecule has 4 nitrogen and oxygen atoms in total. The third-order valence-electron chi connectivity index (χ3n) is 4.40. The Balaban J connectivity index is 1.78. The summed E-state index contributed by atoms with van der Waals surface area (Å²) in [7, 11) is 1.71. The fourth-order valence-corrected chi connectivity index (χ4v) is 3.18. The minimum Gasteiger partial charge on any atom is -0.492 e. The molecule has 0 bridgehead atoms. The molecule has 124 valence electrons. The fraction of sp³-hybridized carbons (Fsp3) is 0.647. The smallest absolute Gasteiger partial charge is 0.119 e. The van der Waals surface area contributed by atoms with Crippen molar-refractivity contribution in [3.8, 4) is 5.75 Å². The molecular weight excluding hydrogens is 302 g/mol. The molecule has 1 aliphatic rings. The third-order valence-corrected chi connectivity index (χ3v) is 4.65. The predicted octanol–water partition coefficient (Wildman–Crippen LogP) is 2.83. The lowest BCUT2D eigenvalue weighted by Crippen LogP contribution is -2.47. The monoisotopic (exact) mass is 327 g/mol. The van der Waals surface area contributed by atoms with Crippen LogP contribution in [0.4, 0.5) is 0 Å². The first kappa shape index (κ1) is 17.5. The van der Waals surface area contributed by atoms with Crippen molar-refractivity contribution in [3.63, 3.8) is 0 Å². The fourth-order valence-electron chi connectivity index (χ4n) is 3.06. The van der Waals surface area contributed by atoms with E-state index in [1.165, 1.54) is 0 Å². The normalized spacial score (nSPS) is 22.7. The van der Waals surface area contributed by atoms with Crippen LogP contribution in [0.3, 0.4) is 0 Å². The van der Waals surface area contributed by atoms with E-state index in [0.717, 1.165) is 44.6 Å². The van der Waals surface area contributed by atoms with Crippen LogP contribution in [0.25, 0.3) is 0 Å². The van der Waals surface area contributed by atoms with Gasteiger partial charge in [-0.2, -0.15) is 0 Å². The standard InChI is InChI=1S/C17H26ClNO3/c1-21-11-8-17(14-20)7-2-9-19(13-17)10-12-22-16-5-3-15(18)4-6-16/h3-6,20H,2,7-14H2,1H3. The summed E-state index contributed by atoms with van der Waals surface area (Å²) in [4.78, 5) is 2.38. The third kappa shape index (κ3) is 5.13. The molecule has 1 N–H and O–H groups in total. The van der Waals surface area contributed by atoms with Crippen LogP contribution in [0.5, 0.6) is 5.75 Å². The van der Waals surface area contributed by atoms with E-state index in [4.69, 9.17) is 21.1 Å². The van der Waals surface area contributed by atoms with Gasteiger partial charge in [-0.15, -0.1) is 0 Å². The number of aliphatic hydroxyl groups is 1. The van der Waals surface area contributed by atoms with E-state index in [9.17, 15) is 5.11 Å². The number of rotatable bonds is 8. The maximum absolute atomic E-state index is 9.79. The van der Waals surface area contributed by atoms with Gasteiger partial charge in [0, 0.05) is 37.2 Å². The second-order valence-electron chi connectivity index (χ2n) is 6.08. The molecule has 1 aromatic carbocycles. The summed E-state index contributed by atoms with van der Waals surface area (Å²) in [6.07, 6.45) is 3.10. The van der Waals surface area contributed by atoms with Crippen LogP contribution < -0.4 is 4.74 Å². The highest BCUT2D eigenvalue weighted by atomic mass is 35.5. The van der Waals surface area contributed by atoms with Crippen molar-refractivity contribution in [1.82, 2.24) is 4.90 Å². The minimum absolute atomic E-state index is 0.0193. The Kier molecular flexibility index (Phi) is 6.96. The number of nitrogens with zero attached hydrogens (tertiary/aromatic N) is 1. The summed E-state index contributed by atoms with van der Waals surface area (Å²) < 4.78 is 10.9. The topological polar surface area (TPSA) is 41.9 Å². The van der Waals surface area contributed by atoms with Crippen LogP contribution in [0.1, 0.15) is 19.3 Å². The molecule has 0 radical (unpaired) electrons. The van der Waals surface area contributed by atoms with Crippen molar-refractivity contribution in [2.24, 2.45) is 5.41 Å². The van der Waals surface area contributed by atoms with Crippen LogP contribution in [-0.2, 0) is 4.74 Å². The molecule has 1 atom stereocenters. The van der Waals surface area contributed by atoms with Crippen LogP contribution in [0, 0.1) is 5.41 Å². The first-order chi connectivity index (χ1) is 10.7.